The lowest BCUT2D eigenvalue weighted by atomic mass is 9.99. The zero-order valence-electron chi connectivity index (χ0n) is 14.5. The number of hydrogen-bond donors (Lipinski definition) is 1. The van der Waals surface area contributed by atoms with E-state index in [2.05, 4.69) is 11.1 Å². The van der Waals surface area contributed by atoms with Gasteiger partial charge in [-0.2, -0.15) is 5.26 Å². The van der Waals surface area contributed by atoms with Crippen LogP contribution in [0.5, 0.6) is 5.75 Å². The van der Waals surface area contributed by atoms with Crippen LogP contribution in [0.25, 0.3) is 22.4 Å². The summed E-state index contributed by atoms with van der Waals surface area (Å²) >= 11 is 1.05. The van der Waals surface area contributed by atoms with E-state index >= 15 is 0 Å². The van der Waals surface area contributed by atoms with Gasteiger partial charge in [0.25, 0.3) is 0 Å². The van der Waals surface area contributed by atoms with Gasteiger partial charge in [-0.05, 0) is 23.8 Å². The SMILES string of the molecule is COc1ccc(-c2cc(-c3ccccc3)nc(SCC(=O)O)c2C#N)cc1. The summed E-state index contributed by atoms with van der Waals surface area (Å²) in [6.07, 6.45) is 0. The van der Waals surface area contributed by atoms with E-state index in [1.54, 1.807) is 7.11 Å². The van der Waals surface area contributed by atoms with Gasteiger partial charge in [0.15, 0.2) is 0 Å². The van der Waals surface area contributed by atoms with Crippen LogP contribution in [0.15, 0.2) is 65.7 Å². The molecule has 0 bridgehead atoms. The van der Waals surface area contributed by atoms with E-state index in [0.717, 1.165) is 28.6 Å². The summed E-state index contributed by atoms with van der Waals surface area (Å²) in [5, 5.41) is 19.1. The number of pyridine rings is 1. The molecule has 0 amide bonds. The van der Waals surface area contributed by atoms with Crippen LogP contribution in [-0.4, -0.2) is 28.9 Å². The van der Waals surface area contributed by atoms with Crippen LogP contribution in [-0.2, 0) is 4.79 Å². The topological polar surface area (TPSA) is 83.2 Å². The van der Waals surface area contributed by atoms with Crippen LogP contribution in [0.4, 0.5) is 0 Å². The van der Waals surface area contributed by atoms with Crippen LogP contribution in [0.3, 0.4) is 0 Å². The summed E-state index contributed by atoms with van der Waals surface area (Å²) in [5.74, 6) is -0.404. The molecule has 6 heteroatoms. The zero-order chi connectivity index (χ0) is 19.2. The molecule has 0 aliphatic heterocycles. The van der Waals surface area contributed by atoms with E-state index in [4.69, 9.17) is 9.84 Å². The Morgan fingerprint density at radius 3 is 2.44 bits per heavy atom. The smallest absolute Gasteiger partial charge is 0.313 e. The van der Waals surface area contributed by atoms with Crippen LogP contribution in [0, 0.1) is 11.3 Å². The van der Waals surface area contributed by atoms with Crippen molar-refractivity contribution in [3.05, 3.63) is 66.2 Å². The highest BCUT2D eigenvalue weighted by Crippen LogP contribution is 2.34. The monoisotopic (exact) mass is 376 g/mol. The Kier molecular flexibility index (Phi) is 5.74. The second-order valence-corrected chi connectivity index (χ2v) is 6.59. The molecule has 27 heavy (non-hydrogen) atoms. The molecule has 134 valence electrons. The molecule has 0 aliphatic rings. The molecular formula is C21H16N2O3S. The van der Waals surface area contributed by atoms with Crippen molar-refractivity contribution in [1.82, 2.24) is 4.98 Å². The quantitative estimate of drug-likeness (QED) is 0.639. The highest BCUT2D eigenvalue weighted by Gasteiger charge is 2.16. The highest BCUT2D eigenvalue weighted by atomic mass is 32.2. The molecule has 1 heterocycles. The molecule has 0 saturated carbocycles. The second-order valence-electron chi connectivity index (χ2n) is 5.62. The summed E-state index contributed by atoms with van der Waals surface area (Å²) in [6, 6.07) is 21.0. The van der Waals surface area contributed by atoms with Crippen LogP contribution >= 0.6 is 11.8 Å². The van der Waals surface area contributed by atoms with Crippen molar-refractivity contribution in [2.24, 2.45) is 0 Å². The Balaban J connectivity index is 2.18. The van der Waals surface area contributed by atoms with E-state index in [-0.39, 0.29) is 5.75 Å². The van der Waals surface area contributed by atoms with E-state index < -0.39 is 5.97 Å². The van der Waals surface area contributed by atoms with Gasteiger partial charge in [-0.15, -0.1) is 0 Å². The second kappa shape index (κ2) is 8.39. The number of ether oxygens (including phenoxy) is 1. The number of carboxylic acid groups (broad SMARTS) is 1. The maximum atomic E-state index is 11.0. The third-order valence-electron chi connectivity index (χ3n) is 3.90. The molecule has 0 aliphatic carbocycles. The largest absolute Gasteiger partial charge is 0.497 e. The number of rotatable bonds is 6. The third-order valence-corrected chi connectivity index (χ3v) is 4.86. The van der Waals surface area contributed by atoms with E-state index in [1.165, 1.54) is 0 Å². The van der Waals surface area contributed by atoms with Crippen LogP contribution in [0.1, 0.15) is 5.56 Å². The lowest BCUT2D eigenvalue weighted by molar-refractivity contribution is -0.133. The van der Waals surface area contributed by atoms with Crippen molar-refractivity contribution < 1.29 is 14.6 Å². The number of aliphatic carboxylic acids is 1. The number of methoxy groups -OCH3 is 1. The van der Waals surface area contributed by atoms with Crippen molar-refractivity contribution in [2.75, 3.05) is 12.9 Å². The number of nitriles is 1. The van der Waals surface area contributed by atoms with Gasteiger partial charge in [0.2, 0.25) is 0 Å². The number of carbonyl (C=O) groups is 1. The molecule has 3 rings (SSSR count). The van der Waals surface area contributed by atoms with Crippen molar-refractivity contribution in [3.63, 3.8) is 0 Å². The van der Waals surface area contributed by atoms with Gasteiger partial charge < -0.3 is 9.84 Å². The maximum absolute atomic E-state index is 11.0. The summed E-state index contributed by atoms with van der Waals surface area (Å²) in [6.45, 7) is 0. The molecule has 0 saturated heterocycles. The third kappa shape index (κ3) is 4.27. The average Bonchev–Trinajstić information content (AvgIpc) is 2.72. The van der Waals surface area contributed by atoms with Gasteiger partial charge in [-0.1, -0.05) is 54.2 Å². The highest BCUT2D eigenvalue weighted by molar-refractivity contribution is 7.99. The van der Waals surface area contributed by atoms with E-state index in [0.29, 0.717) is 21.8 Å². The van der Waals surface area contributed by atoms with Crippen LogP contribution in [0.2, 0.25) is 0 Å². The Bertz CT molecular complexity index is 996. The normalized spacial score (nSPS) is 10.2. The molecule has 5 nitrogen and oxygen atoms in total. The molecule has 0 unspecified atom stereocenters. The minimum absolute atomic E-state index is 0.165. The number of nitrogens with zero attached hydrogens (tertiary/aromatic N) is 2. The van der Waals surface area contributed by atoms with Gasteiger partial charge in [0.1, 0.15) is 16.8 Å². The Hall–Kier alpha value is -3.30. The van der Waals surface area contributed by atoms with E-state index in [9.17, 15) is 10.1 Å². The molecular weight excluding hydrogens is 360 g/mol. The Labute approximate surface area is 161 Å². The molecule has 0 atom stereocenters. The predicted molar refractivity (Wildman–Crippen MR) is 105 cm³/mol. The maximum Gasteiger partial charge on any atom is 0.313 e. The molecule has 0 fully saturated rings. The minimum Gasteiger partial charge on any atom is -0.497 e. The minimum atomic E-state index is -0.957. The molecule has 1 N–H and O–H groups in total. The molecule has 0 spiro atoms. The van der Waals surface area contributed by atoms with E-state index in [1.807, 2.05) is 60.7 Å². The number of carboxylic acids is 1. The summed E-state index contributed by atoms with van der Waals surface area (Å²) in [7, 11) is 1.59. The Morgan fingerprint density at radius 1 is 1.15 bits per heavy atom. The summed E-state index contributed by atoms with van der Waals surface area (Å²) < 4.78 is 5.20. The fourth-order valence-electron chi connectivity index (χ4n) is 2.62. The molecule has 3 aromatic rings. The van der Waals surface area contributed by atoms with Gasteiger partial charge >= 0.3 is 5.97 Å². The van der Waals surface area contributed by atoms with Gasteiger partial charge in [-0.3, -0.25) is 4.79 Å². The fourth-order valence-corrected chi connectivity index (χ4v) is 3.34. The lowest BCUT2D eigenvalue weighted by Crippen LogP contribution is -2.01. The number of benzene rings is 2. The number of hydrogen-bond acceptors (Lipinski definition) is 5. The van der Waals surface area contributed by atoms with Crippen molar-refractivity contribution in [3.8, 4) is 34.2 Å². The standard InChI is InChI=1S/C21H16N2O3S/c1-26-16-9-7-14(8-10-16)17-11-19(15-5-3-2-4-6-15)23-21(18(17)12-22)27-13-20(24)25/h2-11H,13H2,1H3,(H,24,25). The van der Waals surface area contributed by atoms with Gasteiger partial charge in [0, 0.05) is 11.1 Å². The van der Waals surface area contributed by atoms with Crippen molar-refractivity contribution in [1.29, 1.82) is 5.26 Å². The molecule has 0 radical (unpaired) electrons. The number of thioether (sulfide) groups is 1. The van der Waals surface area contributed by atoms with Crippen LogP contribution < -0.4 is 4.74 Å². The summed E-state index contributed by atoms with van der Waals surface area (Å²) in [5.41, 5.74) is 3.50. The van der Waals surface area contributed by atoms with Crippen molar-refractivity contribution >= 4 is 17.7 Å². The van der Waals surface area contributed by atoms with Gasteiger partial charge in [0.05, 0.1) is 24.1 Å². The zero-order valence-corrected chi connectivity index (χ0v) is 15.4. The first-order chi connectivity index (χ1) is 13.1. The number of aromatic nitrogens is 1. The predicted octanol–water partition coefficient (Wildman–Crippen LogP) is 4.47. The molecule has 1 aromatic heterocycles. The first-order valence-corrected chi connectivity index (χ1v) is 9.10. The Morgan fingerprint density at radius 2 is 1.85 bits per heavy atom. The summed E-state index contributed by atoms with van der Waals surface area (Å²) in [4.78, 5) is 15.6. The van der Waals surface area contributed by atoms with Crippen molar-refractivity contribution in [2.45, 2.75) is 5.03 Å². The fraction of sp³-hybridized carbons (Fsp3) is 0.0952. The first-order valence-electron chi connectivity index (χ1n) is 8.12. The first kappa shape index (κ1) is 18.5. The lowest BCUT2D eigenvalue weighted by Gasteiger charge is -2.12. The molecule has 2 aromatic carbocycles. The van der Waals surface area contributed by atoms with Gasteiger partial charge in [-0.25, -0.2) is 4.98 Å². The average molecular weight is 376 g/mol.